The van der Waals surface area contributed by atoms with Crippen LogP contribution in [0.1, 0.15) is 19.3 Å². The molecule has 1 fully saturated rings. The van der Waals surface area contributed by atoms with Crippen molar-refractivity contribution in [3.05, 3.63) is 0 Å². The second kappa shape index (κ2) is 4.76. The van der Waals surface area contributed by atoms with E-state index >= 15 is 0 Å². The Morgan fingerprint density at radius 2 is 1.88 bits per heavy atom. The van der Waals surface area contributed by atoms with Crippen LogP contribution in [0.25, 0.3) is 0 Å². The van der Waals surface area contributed by atoms with Gasteiger partial charge in [-0.1, -0.05) is 0 Å². The quantitative estimate of drug-likeness (QED) is 0.436. The predicted molar refractivity (Wildman–Crippen MR) is 51.9 cm³/mol. The van der Waals surface area contributed by atoms with Gasteiger partial charge in [-0.05, 0) is 12.8 Å². The maximum absolute atomic E-state index is 11.3. The Morgan fingerprint density at radius 1 is 1.31 bits per heavy atom. The van der Waals surface area contributed by atoms with Crippen LogP contribution in [0.2, 0.25) is 0 Å². The van der Waals surface area contributed by atoms with Gasteiger partial charge in [-0.3, -0.25) is 9.59 Å². The van der Waals surface area contributed by atoms with E-state index in [4.69, 9.17) is 10.2 Å². The summed E-state index contributed by atoms with van der Waals surface area (Å²) in [6, 6.07) is -1.83. The second-order valence-electron chi connectivity index (χ2n) is 3.50. The molecular formula is C7H12N2O6S. The summed E-state index contributed by atoms with van der Waals surface area (Å²) in [5, 5.41) is 17.0. The van der Waals surface area contributed by atoms with E-state index < -0.39 is 34.6 Å². The van der Waals surface area contributed by atoms with Crippen molar-refractivity contribution < 1.29 is 28.2 Å². The van der Waals surface area contributed by atoms with Gasteiger partial charge in [-0.25, -0.2) is 0 Å². The largest absolute Gasteiger partial charge is 0.481 e. The van der Waals surface area contributed by atoms with Crippen molar-refractivity contribution in [2.75, 3.05) is 0 Å². The van der Waals surface area contributed by atoms with Gasteiger partial charge in [0.1, 0.15) is 6.04 Å². The van der Waals surface area contributed by atoms with E-state index in [0.717, 1.165) is 0 Å². The molecule has 0 aromatic carbocycles. The van der Waals surface area contributed by atoms with Crippen LogP contribution in [-0.2, 0) is 19.8 Å². The summed E-state index contributed by atoms with van der Waals surface area (Å²) in [6.07, 6.45) is 0.607. The number of rotatable bonds is 7. The van der Waals surface area contributed by atoms with Crippen molar-refractivity contribution in [2.24, 2.45) is 0 Å². The van der Waals surface area contributed by atoms with Crippen LogP contribution in [0.4, 0.5) is 0 Å². The van der Waals surface area contributed by atoms with Gasteiger partial charge in [-0.2, -0.15) is 17.9 Å². The van der Waals surface area contributed by atoms with Gasteiger partial charge in [0.05, 0.1) is 6.42 Å². The number of hydrogen-bond acceptors (Lipinski definition) is 4. The van der Waals surface area contributed by atoms with Gasteiger partial charge >= 0.3 is 11.9 Å². The first-order valence-electron chi connectivity index (χ1n) is 4.54. The summed E-state index contributed by atoms with van der Waals surface area (Å²) in [4.78, 5) is 20.9. The van der Waals surface area contributed by atoms with E-state index in [1.807, 2.05) is 0 Å². The number of nitrogens with one attached hydrogen (secondary N) is 2. The van der Waals surface area contributed by atoms with E-state index in [2.05, 4.69) is 4.72 Å². The molecule has 0 amide bonds. The molecule has 16 heavy (non-hydrogen) atoms. The molecule has 1 saturated carbocycles. The molecule has 0 bridgehead atoms. The minimum Gasteiger partial charge on any atom is -0.481 e. The third-order valence-electron chi connectivity index (χ3n) is 1.87. The predicted octanol–water partition coefficient (Wildman–Crippen LogP) is -1.50. The molecule has 0 aliphatic heterocycles. The number of hydrogen-bond donors (Lipinski definition) is 4. The number of aliphatic carboxylic acids is 2. The summed E-state index contributed by atoms with van der Waals surface area (Å²) in [5.74, 6) is -2.91. The smallest absolute Gasteiger partial charge is 0.322 e. The Kier molecular flexibility index (Phi) is 3.83. The first kappa shape index (κ1) is 12.9. The Hall–Kier alpha value is -1.19. The monoisotopic (exact) mass is 252 g/mol. The molecule has 0 radical (unpaired) electrons. The molecule has 1 rings (SSSR count). The van der Waals surface area contributed by atoms with Crippen molar-refractivity contribution >= 4 is 22.1 Å². The first-order valence-corrected chi connectivity index (χ1v) is 6.02. The number of carbonyl (C=O) groups is 2. The minimum absolute atomic E-state index is 0.170. The molecule has 0 aromatic rings. The van der Waals surface area contributed by atoms with E-state index in [-0.39, 0.29) is 6.04 Å². The van der Waals surface area contributed by atoms with Crippen LogP contribution in [-0.4, -0.2) is 42.7 Å². The summed E-state index contributed by atoms with van der Waals surface area (Å²) in [5.41, 5.74) is 0. The van der Waals surface area contributed by atoms with Crippen LogP contribution in [0.3, 0.4) is 0 Å². The Labute approximate surface area is 91.8 Å². The van der Waals surface area contributed by atoms with Crippen LogP contribution in [0, 0.1) is 0 Å². The van der Waals surface area contributed by atoms with Gasteiger partial charge in [0.25, 0.3) is 10.2 Å². The molecule has 1 aliphatic carbocycles. The molecule has 1 aliphatic rings. The lowest BCUT2D eigenvalue weighted by atomic mass is 10.2. The zero-order chi connectivity index (χ0) is 12.3. The topological polar surface area (TPSA) is 133 Å². The molecule has 0 aromatic heterocycles. The summed E-state index contributed by atoms with van der Waals surface area (Å²) >= 11 is 0. The van der Waals surface area contributed by atoms with Gasteiger partial charge in [0, 0.05) is 6.04 Å². The second-order valence-corrected chi connectivity index (χ2v) is 4.98. The van der Waals surface area contributed by atoms with Gasteiger partial charge in [0.15, 0.2) is 0 Å². The summed E-state index contributed by atoms with van der Waals surface area (Å²) in [7, 11) is -3.95. The van der Waals surface area contributed by atoms with E-state index in [9.17, 15) is 18.0 Å². The van der Waals surface area contributed by atoms with Gasteiger partial charge in [0.2, 0.25) is 0 Å². The highest BCUT2D eigenvalue weighted by atomic mass is 32.2. The fraction of sp³-hybridized carbons (Fsp3) is 0.714. The molecule has 92 valence electrons. The van der Waals surface area contributed by atoms with E-state index in [1.54, 1.807) is 4.72 Å². The highest BCUT2D eigenvalue weighted by molar-refractivity contribution is 7.87. The minimum atomic E-state index is -3.95. The maximum atomic E-state index is 11.3. The average Bonchev–Trinajstić information content (AvgIpc) is 2.84. The zero-order valence-corrected chi connectivity index (χ0v) is 9.03. The van der Waals surface area contributed by atoms with Crippen LogP contribution in [0.5, 0.6) is 0 Å². The molecule has 0 heterocycles. The van der Waals surface area contributed by atoms with Crippen LogP contribution in [0.15, 0.2) is 0 Å². The van der Waals surface area contributed by atoms with Crippen LogP contribution >= 0.6 is 0 Å². The standard InChI is InChI=1S/C7H12N2O6S/c10-6(11)3-5(7(12)13)9-16(14,15)8-4-1-2-4/h4-5,8-9H,1-3H2,(H,10,11)(H,12,13)/t5-/m1/s1. The Bertz CT molecular complexity index is 388. The highest BCUT2D eigenvalue weighted by Crippen LogP contribution is 2.19. The molecule has 0 unspecified atom stereocenters. The maximum Gasteiger partial charge on any atom is 0.322 e. The number of carboxylic acids is 2. The molecule has 9 heteroatoms. The summed E-state index contributed by atoms with van der Waals surface area (Å²) < 4.78 is 26.6. The lowest BCUT2D eigenvalue weighted by Gasteiger charge is -2.12. The van der Waals surface area contributed by atoms with E-state index in [1.165, 1.54) is 0 Å². The third-order valence-corrected chi connectivity index (χ3v) is 3.11. The van der Waals surface area contributed by atoms with Crippen molar-refractivity contribution in [2.45, 2.75) is 31.3 Å². The first-order chi connectivity index (χ1) is 7.30. The number of carboxylic acid groups (broad SMARTS) is 2. The highest BCUT2D eigenvalue weighted by Gasteiger charge is 2.31. The lowest BCUT2D eigenvalue weighted by molar-refractivity contribution is -0.145. The zero-order valence-electron chi connectivity index (χ0n) is 8.21. The molecule has 8 nitrogen and oxygen atoms in total. The third kappa shape index (κ3) is 4.55. The van der Waals surface area contributed by atoms with Crippen molar-refractivity contribution in [1.82, 2.24) is 9.44 Å². The molecule has 1 atom stereocenters. The lowest BCUT2D eigenvalue weighted by Crippen LogP contribution is -2.47. The fourth-order valence-electron chi connectivity index (χ4n) is 0.996. The van der Waals surface area contributed by atoms with Crippen LogP contribution < -0.4 is 9.44 Å². The molecular weight excluding hydrogens is 240 g/mol. The Balaban J connectivity index is 2.58. The average molecular weight is 252 g/mol. The molecule has 0 saturated heterocycles. The SMILES string of the molecule is O=C(O)C[C@@H](NS(=O)(=O)NC1CC1)C(=O)O. The Morgan fingerprint density at radius 3 is 2.25 bits per heavy atom. The van der Waals surface area contributed by atoms with Gasteiger partial charge in [-0.15, -0.1) is 0 Å². The van der Waals surface area contributed by atoms with Crippen molar-refractivity contribution in [3.63, 3.8) is 0 Å². The van der Waals surface area contributed by atoms with E-state index in [0.29, 0.717) is 12.8 Å². The van der Waals surface area contributed by atoms with Crippen molar-refractivity contribution in [3.8, 4) is 0 Å². The van der Waals surface area contributed by atoms with Crippen molar-refractivity contribution in [1.29, 1.82) is 0 Å². The summed E-state index contributed by atoms with van der Waals surface area (Å²) in [6.45, 7) is 0. The van der Waals surface area contributed by atoms with Gasteiger partial charge < -0.3 is 10.2 Å². The normalized spacial score (nSPS) is 18.0. The molecule has 4 N–H and O–H groups in total. The fourth-order valence-corrected chi connectivity index (χ4v) is 2.30. The molecule has 0 spiro atoms.